The first kappa shape index (κ1) is 24.0. The molecular formula is C23H42O4. The lowest BCUT2D eigenvalue weighted by atomic mass is 9.91. The summed E-state index contributed by atoms with van der Waals surface area (Å²) in [6, 6.07) is 0. The lowest BCUT2D eigenvalue weighted by Crippen LogP contribution is -2.30. The molecule has 27 heavy (non-hydrogen) atoms. The number of carbonyl (C=O) groups excluding carboxylic acids is 2. The number of ether oxygens (including phenoxy) is 2. The molecule has 0 unspecified atom stereocenters. The van der Waals surface area contributed by atoms with Crippen LogP contribution in [-0.4, -0.2) is 24.1 Å². The van der Waals surface area contributed by atoms with Crippen LogP contribution in [0.2, 0.25) is 0 Å². The van der Waals surface area contributed by atoms with E-state index in [4.69, 9.17) is 9.47 Å². The largest absolute Gasteiger partial charge is 0.457 e. The van der Waals surface area contributed by atoms with E-state index < -0.39 is 11.4 Å². The van der Waals surface area contributed by atoms with Gasteiger partial charge >= 0.3 is 11.9 Å². The zero-order valence-electron chi connectivity index (χ0n) is 18.2. The van der Waals surface area contributed by atoms with Crippen molar-refractivity contribution in [3.05, 3.63) is 0 Å². The Balaban J connectivity index is 2.06. The maximum atomic E-state index is 12.0. The number of rotatable bonds is 16. The monoisotopic (exact) mass is 382 g/mol. The van der Waals surface area contributed by atoms with E-state index in [1.807, 2.05) is 20.8 Å². The molecule has 1 fully saturated rings. The van der Waals surface area contributed by atoms with E-state index in [1.165, 1.54) is 57.8 Å². The first-order valence-electron chi connectivity index (χ1n) is 11.2. The predicted molar refractivity (Wildman–Crippen MR) is 110 cm³/mol. The second kappa shape index (κ2) is 12.4. The third kappa shape index (κ3) is 10.2. The molecule has 158 valence electrons. The number of esters is 2. The average Bonchev–Trinajstić information content (AvgIpc) is 3.40. The molecule has 0 aliphatic heterocycles. The Kier molecular flexibility index (Phi) is 11.0. The maximum Gasteiger partial charge on any atom is 0.344 e. The van der Waals surface area contributed by atoms with Gasteiger partial charge in [-0.25, -0.2) is 4.79 Å². The number of hydrogen-bond acceptors (Lipinski definition) is 4. The standard InChI is InChI=1S/C23H42O4/c1-5-7-8-9-10-11-12-13-14-15-16-23(17-18-23)27-20(24)19-26-21(25)22(3,4)6-2/h5-19H2,1-4H3. The molecule has 0 N–H and O–H groups in total. The van der Waals surface area contributed by atoms with Gasteiger partial charge in [0.05, 0.1) is 5.41 Å². The molecule has 4 heteroatoms. The summed E-state index contributed by atoms with van der Waals surface area (Å²) in [6.45, 7) is 7.58. The lowest BCUT2D eigenvalue weighted by molar-refractivity contribution is -0.168. The van der Waals surface area contributed by atoms with Crippen LogP contribution in [0.3, 0.4) is 0 Å². The molecule has 0 heterocycles. The van der Waals surface area contributed by atoms with E-state index in [2.05, 4.69) is 6.92 Å². The van der Waals surface area contributed by atoms with Crippen molar-refractivity contribution < 1.29 is 19.1 Å². The summed E-state index contributed by atoms with van der Waals surface area (Å²) in [7, 11) is 0. The van der Waals surface area contributed by atoms with Crippen LogP contribution < -0.4 is 0 Å². The first-order chi connectivity index (χ1) is 12.9. The minimum Gasteiger partial charge on any atom is -0.457 e. The molecule has 4 nitrogen and oxygen atoms in total. The van der Waals surface area contributed by atoms with E-state index in [0.717, 1.165) is 25.7 Å². The maximum absolute atomic E-state index is 12.0. The van der Waals surface area contributed by atoms with E-state index in [9.17, 15) is 9.59 Å². The number of hydrogen-bond donors (Lipinski definition) is 0. The van der Waals surface area contributed by atoms with Crippen LogP contribution in [0.1, 0.15) is 118 Å². The molecule has 1 aliphatic carbocycles. The molecule has 1 saturated carbocycles. The molecule has 0 amide bonds. The van der Waals surface area contributed by atoms with Crippen LogP contribution >= 0.6 is 0 Å². The Morgan fingerprint density at radius 2 is 1.37 bits per heavy atom. The molecule has 0 spiro atoms. The summed E-state index contributed by atoms with van der Waals surface area (Å²) in [6.07, 6.45) is 16.6. The van der Waals surface area contributed by atoms with Gasteiger partial charge < -0.3 is 9.47 Å². The van der Waals surface area contributed by atoms with E-state index >= 15 is 0 Å². The van der Waals surface area contributed by atoms with Gasteiger partial charge in [0, 0.05) is 0 Å². The van der Waals surface area contributed by atoms with Crippen molar-refractivity contribution in [2.45, 2.75) is 123 Å². The molecule has 0 aromatic carbocycles. The molecule has 0 radical (unpaired) electrons. The molecule has 0 bridgehead atoms. The molecule has 1 rings (SSSR count). The third-order valence-electron chi connectivity index (χ3n) is 5.88. The molecule has 1 aliphatic rings. The Bertz CT molecular complexity index is 438. The van der Waals surface area contributed by atoms with Gasteiger partial charge in [-0.3, -0.25) is 4.79 Å². The fourth-order valence-corrected chi connectivity index (χ4v) is 3.21. The Morgan fingerprint density at radius 1 is 0.852 bits per heavy atom. The van der Waals surface area contributed by atoms with Crippen molar-refractivity contribution in [1.29, 1.82) is 0 Å². The minimum atomic E-state index is -0.548. The van der Waals surface area contributed by atoms with Crippen LogP contribution in [0.5, 0.6) is 0 Å². The van der Waals surface area contributed by atoms with Gasteiger partial charge in [0.1, 0.15) is 5.60 Å². The molecule has 0 aromatic heterocycles. The summed E-state index contributed by atoms with van der Waals surface area (Å²) in [5.41, 5.74) is -0.808. The SMILES string of the molecule is CCCCCCCCCCCCC1(OC(=O)COC(=O)C(C)(C)CC)CC1. The fourth-order valence-electron chi connectivity index (χ4n) is 3.21. The predicted octanol–water partition coefficient (Wildman–Crippen LogP) is 6.35. The third-order valence-corrected chi connectivity index (χ3v) is 5.88. The van der Waals surface area contributed by atoms with Gasteiger partial charge in [-0.05, 0) is 46.0 Å². The van der Waals surface area contributed by atoms with Crippen molar-refractivity contribution in [3.63, 3.8) is 0 Å². The van der Waals surface area contributed by atoms with Crippen LogP contribution in [-0.2, 0) is 19.1 Å². The molecule has 0 aromatic rings. The van der Waals surface area contributed by atoms with Crippen molar-refractivity contribution in [2.75, 3.05) is 6.61 Å². The van der Waals surface area contributed by atoms with Crippen molar-refractivity contribution in [2.24, 2.45) is 5.41 Å². The minimum absolute atomic E-state index is 0.260. The number of carbonyl (C=O) groups is 2. The number of unbranched alkanes of at least 4 members (excludes halogenated alkanes) is 9. The first-order valence-corrected chi connectivity index (χ1v) is 11.2. The molecule has 0 atom stereocenters. The van der Waals surface area contributed by atoms with Crippen LogP contribution in [0.25, 0.3) is 0 Å². The summed E-state index contributed by atoms with van der Waals surface area (Å²) >= 11 is 0. The smallest absolute Gasteiger partial charge is 0.344 e. The highest BCUT2D eigenvalue weighted by atomic mass is 16.6. The van der Waals surface area contributed by atoms with E-state index in [-0.39, 0.29) is 18.2 Å². The molecule has 0 saturated heterocycles. The van der Waals surface area contributed by atoms with Crippen LogP contribution in [0.4, 0.5) is 0 Å². The van der Waals surface area contributed by atoms with Crippen molar-refractivity contribution in [3.8, 4) is 0 Å². The van der Waals surface area contributed by atoms with Gasteiger partial charge in [0.2, 0.25) is 0 Å². The lowest BCUT2D eigenvalue weighted by Gasteiger charge is -2.21. The zero-order chi connectivity index (χ0) is 20.2. The Labute approximate surface area is 166 Å². The second-order valence-corrected chi connectivity index (χ2v) is 8.90. The van der Waals surface area contributed by atoms with Crippen molar-refractivity contribution >= 4 is 11.9 Å². The zero-order valence-corrected chi connectivity index (χ0v) is 18.2. The average molecular weight is 383 g/mol. The fraction of sp³-hybridized carbons (Fsp3) is 0.913. The topological polar surface area (TPSA) is 52.6 Å². The van der Waals surface area contributed by atoms with Crippen LogP contribution in [0, 0.1) is 5.41 Å². The van der Waals surface area contributed by atoms with Gasteiger partial charge in [-0.1, -0.05) is 71.6 Å². The highest BCUT2D eigenvalue weighted by Gasteiger charge is 2.46. The van der Waals surface area contributed by atoms with Gasteiger partial charge in [-0.2, -0.15) is 0 Å². The van der Waals surface area contributed by atoms with Crippen molar-refractivity contribution in [1.82, 2.24) is 0 Å². The van der Waals surface area contributed by atoms with Gasteiger partial charge in [0.15, 0.2) is 6.61 Å². The summed E-state index contributed by atoms with van der Waals surface area (Å²) in [4.78, 5) is 23.9. The van der Waals surface area contributed by atoms with E-state index in [0.29, 0.717) is 6.42 Å². The van der Waals surface area contributed by atoms with E-state index in [1.54, 1.807) is 0 Å². The van der Waals surface area contributed by atoms with Gasteiger partial charge in [0.25, 0.3) is 0 Å². The Hall–Kier alpha value is -1.06. The van der Waals surface area contributed by atoms with Crippen LogP contribution in [0.15, 0.2) is 0 Å². The second-order valence-electron chi connectivity index (χ2n) is 8.90. The Morgan fingerprint density at radius 3 is 1.85 bits per heavy atom. The quantitative estimate of drug-likeness (QED) is 0.230. The summed E-state index contributed by atoms with van der Waals surface area (Å²) < 4.78 is 10.7. The summed E-state index contributed by atoms with van der Waals surface area (Å²) in [5.74, 6) is -0.735. The normalized spacial score (nSPS) is 15.4. The summed E-state index contributed by atoms with van der Waals surface area (Å²) in [5, 5.41) is 0. The highest BCUT2D eigenvalue weighted by molar-refractivity contribution is 5.80. The highest BCUT2D eigenvalue weighted by Crippen LogP contribution is 2.44. The van der Waals surface area contributed by atoms with Gasteiger partial charge in [-0.15, -0.1) is 0 Å². The molecular weight excluding hydrogens is 340 g/mol.